The van der Waals surface area contributed by atoms with Crippen LogP contribution in [0.4, 0.5) is 11.5 Å². The molecule has 0 radical (unpaired) electrons. The van der Waals surface area contributed by atoms with Crippen LogP contribution in [0, 0.1) is 0 Å². The molecule has 0 spiro atoms. The molecule has 8 heteroatoms. The summed E-state index contributed by atoms with van der Waals surface area (Å²) in [6.45, 7) is 0. The van der Waals surface area contributed by atoms with Gasteiger partial charge in [-0.2, -0.15) is 0 Å². The van der Waals surface area contributed by atoms with Crippen molar-refractivity contribution in [2.45, 2.75) is 0 Å². The normalized spacial score (nSPS) is 10.8. The number of fused-ring (bicyclic) bond motifs is 1. The summed E-state index contributed by atoms with van der Waals surface area (Å²) >= 11 is 13.9. The van der Waals surface area contributed by atoms with Gasteiger partial charge < -0.3 is 10.1 Å². The maximum absolute atomic E-state index is 11.8. The lowest BCUT2D eigenvalue weighted by Crippen LogP contribution is -2.03. The van der Waals surface area contributed by atoms with Crippen molar-refractivity contribution in [3.8, 4) is 11.1 Å². The topological polar surface area (TPSA) is 64.1 Å². The molecule has 0 saturated heterocycles. The lowest BCUT2D eigenvalue weighted by molar-refractivity contribution is 0.0601. The molecule has 140 valence electrons. The van der Waals surface area contributed by atoms with Crippen LogP contribution in [-0.4, -0.2) is 23.0 Å². The highest BCUT2D eigenvalue weighted by molar-refractivity contribution is 7.17. The summed E-state index contributed by atoms with van der Waals surface area (Å²) in [6.07, 6.45) is 1.49. The predicted molar refractivity (Wildman–Crippen MR) is 114 cm³/mol. The first-order chi connectivity index (χ1) is 13.6. The second kappa shape index (κ2) is 7.75. The van der Waals surface area contributed by atoms with E-state index in [1.54, 1.807) is 18.2 Å². The summed E-state index contributed by atoms with van der Waals surface area (Å²) in [7, 11) is 1.34. The van der Waals surface area contributed by atoms with E-state index in [4.69, 9.17) is 27.9 Å². The third kappa shape index (κ3) is 3.54. The third-order valence-electron chi connectivity index (χ3n) is 4.17. The van der Waals surface area contributed by atoms with Gasteiger partial charge in [-0.25, -0.2) is 14.8 Å². The first-order valence-corrected chi connectivity index (χ1v) is 9.83. The Hall–Kier alpha value is -2.67. The Morgan fingerprint density at radius 1 is 1.11 bits per heavy atom. The van der Waals surface area contributed by atoms with E-state index in [0.717, 1.165) is 21.3 Å². The number of anilines is 2. The van der Waals surface area contributed by atoms with Crippen LogP contribution in [-0.2, 0) is 4.74 Å². The molecule has 0 fully saturated rings. The summed E-state index contributed by atoms with van der Waals surface area (Å²) in [5, 5.41) is 7.26. The second-order valence-corrected chi connectivity index (χ2v) is 7.57. The fraction of sp³-hybridized carbons (Fsp3) is 0.0500. The van der Waals surface area contributed by atoms with Crippen LogP contribution in [0.1, 0.15) is 10.4 Å². The number of aromatic nitrogens is 2. The SMILES string of the molecule is COC(=O)c1ccc(Cl)c(Nc2ncnc3scc(-c4ccc(Cl)cc4)c23)c1. The average molecular weight is 430 g/mol. The van der Waals surface area contributed by atoms with E-state index in [1.807, 2.05) is 29.6 Å². The van der Waals surface area contributed by atoms with Gasteiger partial charge in [0.15, 0.2) is 0 Å². The van der Waals surface area contributed by atoms with Gasteiger partial charge in [-0.05, 0) is 35.9 Å². The van der Waals surface area contributed by atoms with Gasteiger partial charge in [0, 0.05) is 16.0 Å². The first-order valence-electron chi connectivity index (χ1n) is 8.20. The Morgan fingerprint density at radius 3 is 2.64 bits per heavy atom. The minimum Gasteiger partial charge on any atom is -0.465 e. The van der Waals surface area contributed by atoms with Crippen LogP contribution < -0.4 is 5.32 Å². The zero-order valence-electron chi connectivity index (χ0n) is 14.6. The van der Waals surface area contributed by atoms with Gasteiger partial charge in [-0.3, -0.25) is 0 Å². The van der Waals surface area contributed by atoms with Crippen molar-refractivity contribution in [2.75, 3.05) is 12.4 Å². The number of rotatable bonds is 4. The molecular formula is C20H13Cl2N3O2S. The number of halogens is 2. The van der Waals surface area contributed by atoms with Crippen LogP contribution >= 0.6 is 34.5 Å². The molecule has 4 rings (SSSR count). The summed E-state index contributed by atoms with van der Waals surface area (Å²) in [5.41, 5.74) is 2.93. The van der Waals surface area contributed by atoms with Crippen LogP contribution in [0.15, 0.2) is 54.2 Å². The van der Waals surface area contributed by atoms with E-state index in [9.17, 15) is 4.79 Å². The lowest BCUT2D eigenvalue weighted by Gasteiger charge is -2.11. The zero-order valence-corrected chi connectivity index (χ0v) is 16.9. The van der Waals surface area contributed by atoms with Crippen molar-refractivity contribution >= 4 is 62.2 Å². The number of carbonyl (C=O) groups is 1. The molecule has 0 aliphatic carbocycles. The van der Waals surface area contributed by atoms with Crippen LogP contribution in [0.25, 0.3) is 21.3 Å². The maximum atomic E-state index is 11.8. The molecular weight excluding hydrogens is 417 g/mol. The van der Waals surface area contributed by atoms with Gasteiger partial charge in [-0.15, -0.1) is 11.3 Å². The molecule has 2 aromatic carbocycles. The van der Waals surface area contributed by atoms with Gasteiger partial charge in [0.05, 0.1) is 28.8 Å². The van der Waals surface area contributed by atoms with Crippen molar-refractivity contribution in [3.63, 3.8) is 0 Å². The number of hydrogen-bond donors (Lipinski definition) is 1. The van der Waals surface area contributed by atoms with Crippen molar-refractivity contribution in [2.24, 2.45) is 0 Å². The molecule has 2 aromatic heterocycles. The van der Waals surface area contributed by atoms with Crippen LogP contribution in [0.2, 0.25) is 10.0 Å². The third-order valence-corrected chi connectivity index (χ3v) is 5.63. The predicted octanol–water partition coefficient (Wildman–Crippen LogP) is 6.20. The molecule has 2 heterocycles. The molecule has 28 heavy (non-hydrogen) atoms. The van der Waals surface area contributed by atoms with Gasteiger partial charge in [0.25, 0.3) is 0 Å². The van der Waals surface area contributed by atoms with Crippen molar-refractivity contribution in [1.29, 1.82) is 0 Å². The smallest absolute Gasteiger partial charge is 0.337 e. The van der Waals surface area contributed by atoms with E-state index in [0.29, 0.717) is 27.1 Å². The monoisotopic (exact) mass is 429 g/mol. The van der Waals surface area contributed by atoms with Gasteiger partial charge in [-0.1, -0.05) is 35.3 Å². The van der Waals surface area contributed by atoms with Crippen LogP contribution in [0.3, 0.4) is 0 Å². The molecule has 0 aliphatic rings. The Balaban J connectivity index is 1.81. The Morgan fingerprint density at radius 2 is 1.89 bits per heavy atom. The molecule has 0 amide bonds. The maximum Gasteiger partial charge on any atom is 0.337 e. The van der Waals surface area contributed by atoms with E-state index < -0.39 is 5.97 Å². The molecule has 0 bridgehead atoms. The average Bonchev–Trinajstić information content (AvgIpc) is 3.15. The number of methoxy groups -OCH3 is 1. The molecule has 0 unspecified atom stereocenters. The van der Waals surface area contributed by atoms with E-state index in [2.05, 4.69) is 15.3 Å². The Bertz CT molecular complexity index is 1180. The molecule has 5 nitrogen and oxygen atoms in total. The van der Waals surface area contributed by atoms with Gasteiger partial charge >= 0.3 is 5.97 Å². The fourth-order valence-electron chi connectivity index (χ4n) is 2.81. The number of ether oxygens (including phenoxy) is 1. The quantitative estimate of drug-likeness (QED) is 0.391. The van der Waals surface area contributed by atoms with E-state index in [-0.39, 0.29) is 0 Å². The van der Waals surface area contributed by atoms with Crippen molar-refractivity contribution in [3.05, 3.63) is 69.8 Å². The number of benzene rings is 2. The minimum absolute atomic E-state index is 0.392. The number of carbonyl (C=O) groups excluding carboxylic acids is 1. The molecule has 0 saturated carbocycles. The van der Waals surface area contributed by atoms with Crippen molar-refractivity contribution in [1.82, 2.24) is 9.97 Å². The van der Waals surface area contributed by atoms with Crippen LogP contribution in [0.5, 0.6) is 0 Å². The Labute approximate surface area is 174 Å². The highest BCUT2D eigenvalue weighted by Gasteiger charge is 2.15. The molecule has 0 aliphatic heterocycles. The fourth-order valence-corrected chi connectivity index (χ4v) is 4.01. The number of nitrogens with zero attached hydrogens (tertiary/aromatic N) is 2. The zero-order chi connectivity index (χ0) is 19.7. The highest BCUT2D eigenvalue weighted by Crippen LogP contribution is 2.38. The molecule has 4 aromatic rings. The number of nitrogens with one attached hydrogen (secondary N) is 1. The van der Waals surface area contributed by atoms with E-state index in [1.165, 1.54) is 24.8 Å². The van der Waals surface area contributed by atoms with Gasteiger partial charge in [0.2, 0.25) is 0 Å². The molecule has 1 N–H and O–H groups in total. The highest BCUT2D eigenvalue weighted by atomic mass is 35.5. The Kier molecular flexibility index (Phi) is 5.17. The first kappa shape index (κ1) is 18.7. The number of hydrogen-bond acceptors (Lipinski definition) is 6. The largest absolute Gasteiger partial charge is 0.465 e. The summed E-state index contributed by atoms with van der Waals surface area (Å²) in [4.78, 5) is 21.4. The number of thiophene rings is 1. The minimum atomic E-state index is -0.440. The number of esters is 1. The second-order valence-electron chi connectivity index (χ2n) is 5.87. The van der Waals surface area contributed by atoms with Crippen molar-refractivity contribution < 1.29 is 9.53 Å². The van der Waals surface area contributed by atoms with Gasteiger partial charge in [0.1, 0.15) is 17.0 Å². The lowest BCUT2D eigenvalue weighted by atomic mass is 10.1. The standard InChI is InChI=1S/C20H13Cl2N3O2S/c1-27-20(26)12-4-7-15(22)16(8-12)25-18-17-14(9-28-19(17)24-10-23-18)11-2-5-13(21)6-3-11/h2-10H,1H3,(H,23,24,25). The molecule has 0 atom stereocenters. The summed E-state index contributed by atoms with van der Waals surface area (Å²) in [6, 6.07) is 12.5. The summed E-state index contributed by atoms with van der Waals surface area (Å²) in [5.74, 6) is 0.157. The van der Waals surface area contributed by atoms with E-state index >= 15 is 0 Å². The summed E-state index contributed by atoms with van der Waals surface area (Å²) < 4.78 is 4.78.